The summed E-state index contributed by atoms with van der Waals surface area (Å²) in [6.07, 6.45) is 2.17. The molecule has 2 nitrogen and oxygen atoms in total. The molecule has 15 heavy (non-hydrogen) atoms. The van der Waals surface area contributed by atoms with E-state index in [1.807, 2.05) is 0 Å². The standard InChI is InChI=1S/C13H26O2/c1-10(2)12(5)7-8-13(6,11(3)4)15-9-14-12/h10-11H,7-9H2,1-6H3. The Morgan fingerprint density at radius 2 is 1.13 bits per heavy atom. The fourth-order valence-corrected chi connectivity index (χ4v) is 1.85. The van der Waals surface area contributed by atoms with Gasteiger partial charge in [-0.05, 0) is 38.5 Å². The summed E-state index contributed by atoms with van der Waals surface area (Å²) < 4.78 is 11.8. The van der Waals surface area contributed by atoms with Gasteiger partial charge >= 0.3 is 0 Å². The molecule has 0 saturated carbocycles. The van der Waals surface area contributed by atoms with Gasteiger partial charge in [0.2, 0.25) is 0 Å². The van der Waals surface area contributed by atoms with Crippen LogP contribution >= 0.6 is 0 Å². The first-order valence-electron chi connectivity index (χ1n) is 6.08. The third-order valence-electron chi connectivity index (χ3n) is 4.34. The van der Waals surface area contributed by atoms with E-state index in [2.05, 4.69) is 41.5 Å². The van der Waals surface area contributed by atoms with Gasteiger partial charge in [0.15, 0.2) is 0 Å². The Bertz CT molecular complexity index is 191. The van der Waals surface area contributed by atoms with Crippen molar-refractivity contribution in [1.82, 2.24) is 0 Å². The Morgan fingerprint density at radius 1 is 0.800 bits per heavy atom. The van der Waals surface area contributed by atoms with Crippen molar-refractivity contribution in [2.75, 3.05) is 6.79 Å². The van der Waals surface area contributed by atoms with Gasteiger partial charge in [0.25, 0.3) is 0 Å². The predicted octanol–water partition coefficient (Wildman–Crippen LogP) is 3.60. The van der Waals surface area contributed by atoms with Crippen molar-refractivity contribution in [3.05, 3.63) is 0 Å². The third kappa shape index (κ3) is 2.73. The molecule has 0 bridgehead atoms. The first-order chi connectivity index (χ1) is 6.80. The fourth-order valence-electron chi connectivity index (χ4n) is 1.85. The molecule has 90 valence electrons. The summed E-state index contributed by atoms with van der Waals surface area (Å²) in [6, 6.07) is 0. The van der Waals surface area contributed by atoms with E-state index in [4.69, 9.17) is 9.47 Å². The topological polar surface area (TPSA) is 18.5 Å². The summed E-state index contributed by atoms with van der Waals surface area (Å²) in [4.78, 5) is 0. The van der Waals surface area contributed by atoms with Crippen molar-refractivity contribution < 1.29 is 9.47 Å². The molecule has 1 aliphatic heterocycles. The first-order valence-corrected chi connectivity index (χ1v) is 6.08. The third-order valence-corrected chi connectivity index (χ3v) is 4.34. The zero-order valence-corrected chi connectivity index (χ0v) is 11.1. The molecular formula is C13H26O2. The van der Waals surface area contributed by atoms with Crippen LogP contribution in [0.5, 0.6) is 0 Å². The van der Waals surface area contributed by atoms with Gasteiger partial charge < -0.3 is 9.47 Å². The predicted molar refractivity (Wildman–Crippen MR) is 62.8 cm³/mol. The van der Waals surface area contributed by atoms with Crippen LogP contribution in [0.3, 0.4) is 0 Å². The summed E-state index contributed by atoms with van der Waals surface area (Å²) in [6.45, 7) is 13.7. The van der Waals surface area contributed by atoms with Crippen molar-refractivity contribution in [1.29, 1.82) is 0 Å². The van der Waals surface area contributed by atoms with Crippen LogP contribution in [0.4, 0.5) is 0 Å². The maximum atomic E-state index is 5.88. The molecule has 0 N–H and O–H groups in total. The first kappa shape index (κ1) is 13.0. The van der Waals surface area contributed by atoms with E-state index in [0.717, 1.165) is 12.8 Å². The Kier molecular flexibility index (Phi) is 3.83. The zero-order chi connectivity index (χ0) is 11.7. The molecule has 0 spiro atoms. The van der Waals surface area contributed by atoms with E-state index in [9.17, 15) is 0 Å². The van der Waals surface area contributed by atoms with Gasteiger partial charge in [-0.1, -0.05) is 27.7 Å². The molecule has 0 aromatic heterocycles. The van der Waals surface area contributed by atoms with Gasteiger partial charge in [-0.2, -0.15) is 0 Å². The molecule has 1 aliphatic rings. The lowest BCUT2D eigenvalue weighted by Gasteiger charge is -2.33. The highest BCUT2D eigenvalue weighted by atomic mass is 16.7. The van der Waals surface area contributed by atoms with Gasteiger partial charge in [-0.25, -0.2) is 0 Å². The van der Waals surface area contributed by atoms with Crippen LogP contribution in [0, 0.1) is 11.8 Å². The maximum Gasteiger partial charge on any atom is 0.148 e. The van der Waals surface area contributed by atoms with Crippen LogP contribution in [0.25, 0.3) is 0 Å². The minimum atomic E-state index is -0.0212. The number of rotatable bonds is 2. The summed E-state index contributed by atoms with van der Waals surface area (Å²) in [5.41, 5.74) is -0.0424. The van der Waals surface area contributed by atoms with Crippen LogP contribution in [0.2, 0.25) is 0 Å². The van der Waals surface area contributed by atoms with Gasteiger partial charge in [-0.15, -0.1) is 0 Å². The Labute approximate surface area is 94.3 Å². The van der Waals surface area contributed by atoms with Crippen LogP contribution in [0.15, 0.2) is 0 Å². The average Bonchev–Trinajstić information content (AvgIpc) is 2.28. The SMILES string of the molecule is CC(C)C1(C)CCC(C)(C(C)C)OCO1. The average molecular weight is 214 g/mol. The summed E-state index contributed by atoms with van der Waals surface area (Å²) in [5, 5.41) is 0. The van der Waals surface area contributed by atoms with Gasteiger partial charge in [0.05, 0.1) is 11.2 Å². The molecule has 0 aromatic rings. The highest BCUT2D eigenvalue weighted by molar-refractivity contribution is 4.88. The molecule has 2 unspecified atom stereocenters. The Balaban J connectivity index is 2.71. The Hall–Kier alpha value is -0.0800. The lowest BCUT2D eigenvalue weighted by atomic mass is 9.80. The second-order valence-corrected chi connectivity index (χ2v) is 5.84. The highest BCUT2D eigenvalue weighted by Crippen LogP contribution is 2.37. The maximum absolute atomic E-state index is 5.88. The molecular weight excluding hydrogens is 188 g/mol. The molecule has 2 heteroatoms. The van der Waals surface area contributed by atoms with Gasteiger partial charge in [0, 0.05) is 0 Å². The van der Waals surface area contributed by atoms with Crippen LogP contribution in [-0.4, -0.2) is 18.0 Å². The second kappa shape index (κ2) is 4.42. The number of ether oxygens (including phenoxy) is 2. The quantitative estimate of drug-likeness (QED) is 0.699. The van der Waals surface area contributed by atoms with Crippen molar-refractivity contribution in [2.24, 2.45) is 11.8 Å². The van der Waals surface area contributed by atoms with E-state index >= 15 is 0 Å². The summed E-state index contributed by atoms with van der Waals surface area (Å²) in [5.74, 6) is 1.08. The molecule has 1 rings (SSSR count). The minimum Gasteiger partial charge on any atom is -0.349 e. The number of hydrogen-bond donors (Lipinski definition) is 0. The fraction of sp³-hybridized carbons (Fsp3) is 1.00. The summed E-state index contributed by atoms with van der Waals surface area (Å²) >= 11 is 0. The van der Waals surface area contributed by atoms with Crippen molar-refractivity contribution >= 4 is 0 Å². The molecule has 0 aliphatic carbocycles. The van der Waals surface area contributed by atoms with E-state index in [1.165, 1.54) is 0 Å². The summed E-state index contributed by atoms with van der Waals surface area (Å²) in [7, 11) is 0. The Morgan fingerprint density at radius 3 is 1.40 bits per heavy atom. The number of hydrogen-bond acceptors (Lipinski definition) is 2. The molecule has 0 amide bonds. The van der Waals surface area contributed by atoms with Crippen LogP contribution in [-0.2, 0) is 9.47 Å². The van der Waals surface area contributed by atoms with E-state index in [0.29, 0.717) is 18.6 Å². The van der Waals surface area contributed by atoms with Gasteiger partial charge in [0.1, 0.15) is 6.79 Å². The van der Waals surface area contributed by atoms with E-state index < -0.39 is 0 Å². The van der Waals surface area contributed by atoms with Crippen molar-refractivity contribution in [2.45, 2.75) is 65.6 Å². The lowest BCUT2D eigenvalue weighted by molar-refractivity contribution is -0.176. The second-order valence-electron chi connectivity index (χ2n) is 5.84. The van der Waals surface area contributed by atoms with Crippen LogP contribution < -0.4 is 0 Å². The largest absolute Gasteiger partial charge is 0.349 e. The molecule has 1 heterocycles. The smallest absolute Gasteiger partial charge is 0.148 e. The van der Waals surface area contributed by atoms with Crippen molar-refractivity contribution in [3.63, 3.8) is 0 Å². The molecule has 2 atom stereocenters. The molecule has 0 radical (unpaired) electrons. The molecule has 1 saturated heterocycles. The normalized spacial score (nSPS) is 38.4. The van der Waals surface area contributed by atoms with Gasteiger partial charge in [-0.3, -0.25) is 0 Å². The highest BCUT2D eigenvalue weighted by Gasteiger charge is 2.39. The minimum absolute atomic E-state index is 0.0212. The lowest BCUT2D eigenvalue weighted by Crippen LogP contribution is -2.35. The van der Waals surface area contributed by atoms with E-state index in [1.54, 1.807) is 0 Å². The zero-order valence-electron chi connectivity index (χ0n) is 11.1. The molecule has 0 aromatic carbocycles. The monoisotopic (exact) mass is 214 g/mol. The molecule has 1 fully saturated rings. The van der Waals surface area contributed by atoms with Crippen molar-refractivity contribution in [3.8, 4) is 0 Å². The van der Waals surface area contributed by atoms with Crippen LogP contribution in [0.1, 0.15) is 54.4 Å². The van der Waals surface area contributed by atoms with E-state index in [-0.39, 0.29) is 11.2 Å².